The topological polar surface area (TPSA) is 41.1 Å². The Morgan fingerprint density at radius 3 is 2.55 bits per heavy atom. The van der Waals surface area contributed by atoms with Crippen LogP contribution in [0.5, 0.6) is 0 Å². The summed E-state index contributed by atoms with van der Waals surface area (Å²) >= 11 is 6.05. The van der Waals surface area contributed by atoms with Crippen LogP contribution in [0.2, 0.25) is 5.02 Å². The highest BCUT2D eigenvalue weighted by molar-refractivity contribution is 6.31. The summed E-state index contributed by atoms with van der Waals surface area (Å²) in [6, 6.07) is 7.46. The Morgan fingerprint density at radius 2 is 1.95 bits per heavy atom. The molecule has 0 radical (unpaired) electrons. The average molecular weight is 295 g/mol. The minimum Gasteiger partial charge on any atom is -0.338 e. The van der Waals surface area contributed by atoms with Gasteiger partial charge in [-0.25, -0.2) is 4.79 Å². The molecule has 0 saturated heterocycles. The molecule has 2 N–H and O–H groups in total. The summed E-state index contributed by atoms with van der Waals surface area (Å²) in [7, 11) is 0. The van der Waals surface area contributed by atoms with Gasteiger partial charge in [0.2, 0.25) is 0 Å². The molecule has 0 fully saturated rings. The van der Waals surface area contributed by atoms with Gasteiger partial charge < -0.3 is 10.6 Å². The first-order valence-electron chi connectivity index (χ1n) is 6.75. The van der Waals surface area contributed by atoms with Crippen LogP contribution in [0.15, 0.2) is 36.0 Å². The standard InChI is InChI=1S/C16H23ClN2O/c1-12(16(2,3)4)11-19-15(20)18-10-9-13-7-5-6-8-14(13)17/h5-8,11H,9-10H2,1-4H3,(H2,18,19,20)/b12-11+. The van der Waals surface area contributed by atoms with Crippen molar-refractivity contribution in [2.45, 2.75) is 34.1 Å². The molecule has 1 rings (SSSR count). The van der Waals surface area contributed by atoms with Crippen LogP contribution in [0.1, 0.15) is 33.3 Å². The van der Waals surface area contributed by atoms with Gasteiger partial charge in [-0.05, 0) is 30.4 Å². The van der Waals surface area contributed by atoms with Gasteiger partial charge in [0.15, 0.2) is 0 Å². The van der Waals surface area contributed by atoms with E-state index in [-0.39, 0.29) is 11.4 Å². The summed E-state index contributed by atoms with van der Waals surface area (Å²) < 4.78 is 0. The van der Waals surface area contributed by atoms with E-state index in [0.29, 0.717) is 6.54 Å². The van der Waals surface area contributed by atoms with E-state index in [1.54, 1.807) is 6.20 Å². The zero-order valence-corrected chi connectivity index (χ0v) is 13.3. The molecule has 110 valence electrons. The number of amides is 2. The molecule has 0 heterocycles. The molecule has 0 spiro atoms. The monoisotopic (exact) mass is 294 g/mol. The quantitative estimate of drug-likeness (QED) is 0.861. The molecular weight excluding hydrogens is 272 g/mol. The highest BCUT2D eigenvalue weighted by Crippen LogP contribution is 2.23. The second kappa shape index (κ2) is 7.34. The Bertz CT molecular complexity index is 489. The fourth-order valence-electron chi connectivity index (χ4n) is 1.45. The summed E-state index contributed by atoms with van der Waals surface area (Å²) in [5, 5.41) is 6.29. The number of urea groups is 1. The fourth-order valence-corrected chi connectivity index (χ4v) is 1.68. The number of carbonyl (C=O) groups excluding carboxylic acids is 1. The van der Waals surface area contributed by atoms with Gasteiger partial charge >= 0.3 is 6.03 Å². The predicted octanol–water partition coefficient (Wildman–Crippen LogP) is 4.13. The fraction of sp³-hybridized carbons (Fsp3) is 0.438. The molecule has 1 aromatic rings. The van der Waals surface area contributed by atoms with Gasteiger partial charge in [0.1, 0.15) is 0 Å². The van der Waals surface area contributed by atoms with Gasteiger partial charge in [-0.15, -0.1) is 0 Å². The molecule has 4 heteroatoms. The molecule has 3 nitrogen and oxygen atoms in total. The van der Waals surface area contributed by atoms with Gasteiger partial charge in [0, 0.05) is 17.8 Å². The Morgan fingerprint density at radius 1 is 1.30 bits per heavy atom. The van der Waals surface area contributed by atoms with Gasteiger partial charge in [0.05, 0.1) is 0 Å². The van der Waals surface area contributed by atoms with Crippen LogP contribution in [-0.2, 0) is 6.42 Å². The highest BCUT2D eigenvalue weighted by atomic mass is 35.5. The number of allylic oxidation sites excluding steroid dienone is 1. The van der Waals surface area contributed by atoms with E-state index < -0.39 is 0 Å². The van der Waals surface area contributed by atoms with Crippen LogP contribution in [0.3, 0.4) is 0 Å². The van der Waals surface area contributed by atoms with Crippen LogP contribution < -0.4 is 10.6 Å². The zero-order chi connectivity index (χ0) is 15.2. The van der Waals surface area contributed by atoms with E-state index in [2.05, 4.69) is 31.4 Å². The molecule has 2 amide bonds. The number of hydrogen-bond acceptors (Lipinski definition) is 1. The number of benzene rings is 1. The van der Waals surface area contributed by atoms with E-state index in [1.807, 2.05) is 31.2 Å². The molecule has 0 aromatic heterocycles. The Kier molecular flexibility index (Phi) is 6.08. The van der Waals surface area contributed by atoms with Crippen LogP contribution in [0, 0.1) is 5.41 Å². The number of halogens is 1. The average Bonchev–Trinajstić information content (AvgIpc) is 2.37. The van der Waals surface area contributed by atoms with Crippen molar-refractivity contribution < 1.29 is 4.79 Å². The van der Waals surface area contributed by atoms with E-state index in [1.165, 1.54) is 0 Å². The van der Waals surface area contributed by atoms with Gasteiger partial charge in [-0.3, -0.25) is 0 Å². The Hall–Kier alpha value is -1.48. The molecule has 1 aromatic carbocycles. The molecule has 0 aliphatic rings. The normalized spacial score (nSPS) is 12.2. The van der Waals surface area contributed by atoms with Crippen LogP contribution in [-0.4, -0.2) is 12.6 Å². The number of rotatable bonds is 4. The van der Waals surface area contributed by atoms with Gasteiger partial charge in [-0.2, -0.15) is 0 Å². The summed E-state index contributed by atoms with van der Waals surface area (Å²) in [6.07, 6.45) is 2.47. The van der Waals surface area contributed by atoms with Crippen molar-refractivity contribution in [2.24, 2.45) is 5.41 Å². The maximum Gasteiger partial charge on any atom is 0.318 e. The van der Waals surface area contributed by atoms with Crippen molar-refractivity contribution in [1.29, 1.82) is 0 Å². The van der Waals surface area contributed by atoms with Crippen LogP contribution in [0.4, 0.5) is 4.79 Å². The third-order valence-corrected chi connectivity index (χ3v) is 3.61. The molecule has 0 aliphatic heterocycles. The maximum atomic E-state index is 11.6. The molecule has 0 unspecified atom stereocenters. The second-order valence-electron chi connectivity index (χ2n) is 5.82. The molecule has 20 heavy (non-hydrogen) atoms. The van der Waals surface area contributed by atoms with Gasteiger partial charge in [-0.1, -0.05) is 56.1 Å². The zero-order valence-electron chi connectivity index (χ0n) is 12.6. The number of nitrogens with one attached hydrogen (secondary N) is 2. The summed E-state index contributed by atoms with van der Waals surface area (Å²) in [5.74, 6) is 0. The van der Waals surface area contributed by atoms with Gasteiger partial charge in [0.25, 0.3) is 0 Å². The minimum atomic E-state index is -0.194. The van der Waals surface area contributed by atoms with Crippen molar-refractivity contribution in [1.82, 2.24) is 10.6 Å². The van der Waals surface area contributed by atoms with Crippen molar-refractivity contribution in [3.8, 4) is 0 Å². The summed E-state index contributed by atoms with van der Waals surface area (Å²) in [6.45, 7) is 8.88. The Labute approximate surface area is 126 Å². The summed E-state index contributed by atoms with van der Waals surface area (Å²) in [4.78, 5) is 11.6. The van der Waals surface area contributed by atoms with E-state index >= 15 is 0 Å². The smallest absolute Gasteiger partial charge is 0.318 e. The summed E-state index contributed by atoms with van der Waals surface area (Å²) in [5.41, 5.74) is 2.22. The predicted molar refractivity (Wildman–Crippen MR) is 84.9 cm³/mol. The third kappa shape index (κ3) is 5.66. The van der Waals surface area contributed by atoms with Crippen molar-refractivity contribution in [2.75, 3.05) is 6.54 Å². The van der Waals surface area contributed by atoms with E-state index in [9.17, 15) is 4.79 Å². The number of carbonyl (C=O) groups is 1. The second-order valence-corrected chi connectivity index (χ2v) is 6.23. The highest BCUT2D eigenvalue weighted by Gasteiger charge is 2.12. The van der Waals surface area contributed by atoms with E-state index in [4.69, 9.17) is 11.6 Å². The van der Waals surface area contributed by atoms with E-state index in [0.717, 1.165) is 22.6 Å². The first-order valence-corrected chi connectivity index (χ1v) is 7.13. The maximum absolute atomic E-state index is 11.6. The largest absolute Gasteiger partial charge is 0.338 e. The SMILES string of the molecule is C/C(=C\NC(=O)NCCc1ccccc1Cl)C(C)(C)C. The lowest BCUT2D eigenvalue weighted by Crippen LogP contribution is -2.34. The Balaban J connectivity index is 2.36. The van der Waals surface area contributed by atoms with Crippen LogP contribution in [0.25, 0.3) is 0 Å². The lowest BCUT2D eigenvalue weighted by atomic mass is 9.88. The lowest BCUT2D eigenvalue weighted by Gasteiger charge is -2.19. The molecular formula is C16H23ClN2O. The minimum absolute atomic E-state index is 0.0604. The first kappa shape index (κ1) is 16.6. The van der Waals surface area contributed by atoms with Crippen molar-refractivity contribution in [3.63, 3.8) is 0 Å². The molecule has 0 bridgehead atoms. The van der Waals surface area contributed by atoms with Crippen molar-refractivity contribution in [3.05, 3.63) is 46.6 Å². The first-order chi connectivity index (χ1) is 9.30. The molecule has 0 saturated carbocycles. The number of hydrogen-bond donors (Lipinski definition) is 2. The lowest BCUT2D eigenvalue weighted by molar-refractivity contribution is 0.244. The van der Waals surface area contributed by atoms with Crippen molar-refractivity contribution >= 4 is 17.6 Å². The van der Waals surface area contributed by atoms with Crippen LogP contribution >= 0.6 is 11.6 Å². The molecule has 0 aliphatic carbocycles. The third-order valence-electron chi connectivity index (χ3n) is 3.24. The molecule has 0 atom stereocenters.